The number of ether oxygens (including phenoxy) is 1. The second kappa shape index (κ2) is 5.68. The van der Waals surface area contributed by atoms with Crippen LogP contribution in [0.15, 0.2) is 24.3 Å². The molecule has 0 unspecified atom stereocenters. The Morgan fingerprint density at radius 1 is 1.47 bits per heavy atom. The van der Waals surface area contributed by atoms with E-state index in [4.69, 9.17) is 5.11 Å². The minimum atomic E-state index is -0.510. The molecule has 1 aromatic rings. The Morgan fingerprint density at radius 2 is 2.13 bits per heavy atom. The van der Waals surface area contributed by atoms with E-state index in [1.807, 2.05) is 0 Å². The molecule has 0 saturated heterocycles. The maximum atomic E-state index is 10.8. The molecule has 0 heterocycles. The molecule has 0 bridgehead atoms. The lowest BCUT2D eigenvalue weighted by molar-refractivity contribution is 0.187. The van der Waals surface area contributed by atoms with Gasteiger partial charge in [0.2, 0.25) is 0 Å². The molecule has 78 valence electrons. The number of aliphatic hydroxyl groups excluding tert-OH is 1. The molecule has 4 heteroatoms. The average molecular weight is 205 g/mol. The van der Waals surface area contributed by atoms with Crippen molar-refractivity contribution in [2.24, 2.45) is 0 Å². The van der Waals surface area contributed by atoms with Gasteiger partial charge in [-0.1, -0.05) is 11.8 Å². The first kappa shape index (κ1) is 11.1. The molecular formula is C11H11NO3. The van der Waals surface area contributed by atoms with Gasteiger partial charge >= 0.3 is 6.09 Å². The number of benzene rings is 1. The molecule has 4 nitrogen and oxygen atoms in total. The van der Waals surface area contributed by atoms with Crippen molar-refractivity contribution in [2.45, 2.75) is 0 Å². The van der Waals surface area contributed by atoms with Gasteiger partial charge in [-0.15, -0.1) is 0 Å². The number of amides is 1. The van der Waals surface area contributed by atoms with Gasteiger partial charge in [0.15, 0.2) is 0 Å². The highest BCUT2D eigenvalue weighted by molar-refractivity contribution is 5.84. The highest BCUT2D eigenvalue weighted by atomic mass is 16.5. The molecule has 0 aliphatic rings. The van der Waals surface area contributed by atoms with E-state index in [0.29, 0.717) is 5.69 Å². The van der Waals surface area contributed by atoms with E-state index in [-0.39, 0.29) is 6.61 Å². The molecule has 0 aliphatic carbocycles. The molecular weight excluding hydrogens is 194 g/mol. The zero-order valence-corrected chi connectivity index (χ0v) is 8.28. The fourth-order valence-electron chi connectivity index (χ4n) is 0.947. The van der Waals surface area contributed by atoms with E-state index in [0.717, 1.165) is 5.56 Å². The zero-order chi connectivity index (χ0) is 11.1. The molecule has 0 saturated carbocycles. The fourth-order valence-corrected chi connectivity index (χ4v) is 0.947. The van der Waals surface area contributed by atoms with Crippen LogP contribution in [0.25, 0.3) is 0 Å². The van der Waals surface area contributed by atoms with E-state index < -0.39 is 6.09 Å². The molecule has 0 spiro atoms. The third kappa shape index (κ3) is 3.71. The molecule has 0 radical (unpaired) electrons. The predicted octanol–water partition coefficient (Wildman–Crippen LogP) is 1.21. The van der Waals surface area contributed by atoms with Crippen LogP contribution < -0.4 is 5.32 Å². The summed E-state index contributed by atoms with van der Waals surface area (Å²) < 4.78 is 4.44. The molecule has 1 amide bonds. The summed E-state index contributed by atoms with van der Waals surface area (Å²) in [7, 11) is 1.30. The van der Waals surface area contributed by atoms with Crippen LogP contribution in [-0.4, -0.2) is 24.9 Å². The van der Waals surface area contributed by atoms with E-state index >= 15 is 0 Å². The summed E-state index contributed by atoms with van der Waals surface area (Å²) in [4.78, 5) is 10.8. The standard InChI is InChI=1S/C11H11NO3/c1-15-11(14)12-10-6-4-9(5-7-10)3-2-8-13/h4-7,13H,8H2,1H3,(H,12,14). The van der Waals surface area contributed by atoms with Crippen LogP contribution in [0.4, 0.5) is 10.5 Å². The van der Waals surface area contributed by atoms with Crippen molar-refractivity contribution in [3.63, 3.8) is 0 Å². The summed E-state index contributed by atoms with van der Waals surface area (Å²) in [5.74, 6) is 5.27. The van der Waals surface area contributed by atoms with Crippen molar-refractivity contribution in [2.75, 3.05) is 19.0 Å². The first-order chi connectivity index (χ1) is 7.26. The number of nitrogens with one attached hydrogen (secondary N) is 1. The monoisotopic (exact) mass is 205 g/mol. The van der Waals surface area contributed by atoms with Crippen molar-refractivity contribution < 1.29 is 14.6 Å². The largest absolute Gasteiger partial charge is 0.453 e. The lowest BCUT2D eigenvalue weighted by atomic mass is 10.2. The average Bonchev–Trinajstić information content (AvgIpc) is 2.28. The van der Waals surface area contributed by atoms with E-state index in [1.54, 1.807) is 24.3 Å². The molecule has 0 atom stereocenters. The predicted molar refractivity (Wildman–Crippen MR) is 56.4 cm³/mol. The SMILES string of the molecule is COC(=O)Nc1ccc(C#CCO)cc1. The Hall–Kier alpha value is -1.99. The van der Waals surface area contributed by atoms with Crippen LogP contribution in [0, 0.1) is 11.8 Å². The van der Waals surface area contributed by atoms with Crippen molar-refractivity contribution in [3.05, 3.63) is 29.8 Å². The second-order valence-corrected chi connectivity index (χ2v) is 2.65. The highest BCUT2D eigenvalue weighted by Crippen LogP contribution is 2.08. The summed E-state index contributed by atoms with van der Waals surface area (Å²) in [5, 5.41) is 11.0. The topological polar surface area (TPSA) is 58.6 Å². The number of hydrogen-bond donors (Lipinski definition) is 2. The summed E-state index contributed by atoms with van der Waals surface area (Å²) in [6, 6.07) is 6.90. The number of carbonyl (C=O) groups excluding carboxylic acids is 1. The molecule has 15 heavy (non-hydrogen) atoms. The highest BCUT2D eigenvalue weighted by Gasteiger charge is 1.98. The summed E-state index contributed by atoms with van der Waals surface area (Å²) in [5.41, 5.74) is 1.41. The third-order valence-corrected chi connectivity index (χ3v) is 1.63. The van der Waals surface area contributed by atoms with Crippen LogP contribution in [0.2, 0.25) is 0 Å². The van der Waals surface area contributed by atoms with Gasteiger partial charge in [0.25, 0.3) is 0 Å². The van der Waals surface area contributed by atoms with Crippen molar-refractivity contribution in [3.8, 4) is 11.8 Å². The summed E-state index contributed by atoms with van der Waals surface area (Å²) in [6.07, 6.45) is -0.510. The fraction of sp³-hybridized carbons (Fsp3) is 0.182. The van der Waals surface area contributed by atoms with E-state index in [1.165, 1.54) is 7.11 Å². The van der Waals surface area contributed by atoms with Gasteiger partial charge in [-0.2, -0.15) is 0 Å². The quantitative estimate of drug-likeness (QED) is 0.677. The van der Waals surface area contributed by atoms with Crippen molar-refractivity contribution >= 4 is 11.8 Å². The zero-order valence-electron chi connectivity index (χ0n) is 8.28. The third-order valence-electron chi connectivity index (χ3n) is 1.63. The molecule has 1 rings (SSSR count). The van der Waals surface area contributed by atoms with Crippen LogP contribution in [-0.2, 0) is 4.74 Å². The Labute approximate surface area is 87.9 Å². The summed E-state index contributed by atoms with van der Waals surface area (Å²) in [6.45, 7) is -0.165. The smallest absolute Gasteiger partial charge is 0.411 e. The molecule has 0 aliphatic heterocycles. The number of rotatable bonds is 1. The van der Waals surface area contributed by atoms with Crippen LogP contribution >= 0.6 is 0 Å². The molecule has 0 aromatic heterocycles. The van der Waals surface area contributed by atoms with E-state index in [9.17, 15) is 4.79 Å². The van der Waals surface area contributed by atoms with Crippen LogP contribution in [0.1, 0.15) is 5.56 Å². The van der Waals surface area contributed by atoms with Gasteiger partial charge in [-0.25, -0.2) is 4.79 Å². The number of carbonyl (C=O) groups is 1. The Kier molecular flexibility index (Phi) is 4.20. The van der Waals surface area contributed by atoms with E-state index in [2.05, 4.69) is 21.9 Å². The van der Waals surface area contributed by atoms with Gasteiger partial charge in [-0.05, 0) is 24.3 Å². The lowest BCUT2D eigenvalue weighted by Gasteiger charge is -2.02. The Morgan fingerprint density at radius 3 is 2.67 bits per heavy atom. The normalized spacial score (nSPS) is 8.67. The first-order valence-corrected chi connectivity index (χ1v) is 4.31. The van der Waals surface area contributed by atoms with Crippen LogP contribution in [0.3, 0.4) is 0 Å². The maximum absolute atomic E-state index is 10.8. The number of hydrogen-bond acceptors (Lipinski definition) is 3. The molecule has 0 fully saturated rings. The van der Waals surface area contributed by atoms with Gasteiger partial charge < -0.3 is 9.84 Å². The second-order valence-electron chi connectivity index (χ2n) is 2.65. The number of methoxy groups -OCH3 is 1. The maximum Gasteiger partial charge on any atom is 0.411 e. The first-order valence-electron chi connectivity index (χ1n) is 4.31. The van der Waals surface area contributed by atoms with Gasteiger partial charge in [0.05, 0.1) is 7.11 Å². The van der Waals surface area contributed by atoms with Gasteiger partial charge in [0.1, 0.15) is 6.61 Å². The minimum absolute atomic E-state index is 0.165. The summed E-state index contributed by atoms with van der Waals surface area (Å²) >= 11 is 0. The lowest BCUT2D eigenvalue weighted by Crippen LogP contribution is -2.10. The molecule has 2 N–H and O–H groups in total. The minimum Gasteiger partial charge on any atom is -0.453 e. The number of anilines is 1. The van der Waals surface area contributed by atoms with Gasteiger partial charge in [-0.3, -0.25) is 5.32 Å². The molecule has 1 aromatic carbocycles. The van der Waals surface area contributed by atoms with Crippen LogP contribution in [0.5, 0.6) is 0 Å². The van der Waals surface area contributed by atoms with Gasteiger partial charge in [0, 0.05) is 11.3 Å². The Balaban J connectivity index is 2.68. The van der Waals surface area contributed by atoms with Crippen molar-refractivity contribution in [1.82, 2.24) is 0 Å². The van der Waals surface area contributed by atoms with Crippen molar-refractivity contribution in [1.29, 1.82) is 0 Å². The number of aliphatic hydroxyl groups is 1. The Bertz CT molecular complexity index is 387.